The molecule has 1 fully saturated rings. The van der Waals surface area contributed by atoms with Crippen LogP contribution < -0.4 is 0 Å². The van der Waals surface area contributed by atoms with E-state index in [-0.39, 0.29) is 13.1 Å². The van der Waals surface area contributed by atoms with E-state index in [9.17, 15) is 9.59 Å². The number of nitrogens with zero attached hydrogens (tertiary/aromatic N) is 2. The highest BCUT2D eigenvalue weighted by Gasteiger charge is 2.19. The van der Waals surface area contributed by atoms with Gasteiger partial charge in [-0.25, -0.2) is 0 Å². The Labute approximate surface area is 114 Å². The van der Waals surface area contributed by atoms with Gasteiger partial charge in [0.1, 0.15) is 0 Å². The van der Waals surface area contributed by atoms with Crippen molar-refractivity contribution in [3.63, 3.8) is 0 Å². The molecule has 0 spiro atoms. The topological polar surface area (TPSA) is 81.1 Å². The smallest absolute Gasteiger partial charge is 0.317 e. The normalized spacial score (nSPS) is 18.4. The van der Waals surface area contributed by atoms with Crippen molar-refractivity contribution in [2.24, 2.45) is 5.92 Å². The molecule has 110 valence electrons. The summed E-state index contributed by atoms with van der Waals surface area (Å²) in [5, 5.41) is 17.8. The minimum atomic E-state index is -0.906. The number of hydrogen-bond donors (Lipinski definition) is 2. The maximum atomic E-state index is 10.8. The highest BCUT2D eigenvalue weighted by Crippen LogP contribution is 2.08. The van der Waals surface area contributed by atoms with Crippen LogP contribution in [0.3, 0.4) is 0 Å². The summed E-state index contributed by atoms with van der Waals surface area (Å²) in [5.41, 5.74) is 0. The fourth-order valence-electron chi connectivity index (χ4n) is 2.36. The molecular formula is C13H24N2O4. The zero-order chi connectivity index (χ0) is 14.3. The second kappa shape index (κ2) is 8.12. The molecule has 0 aromatic carbocycles. The highest BCUT2D eigenvalue weighted by molar-refractivity contribution is 5.71. The Hall–Kier alpha value is -1.14. The summed E-state index contributed by atoms with van der Waals surface area (Å²) in [6.07, 6.45) is 3.67. The van der Waals surface area contributed by atoms with E-state index in [2.05, 4.69) is 4.90 Å². The van der Waals surface area contributed by atoms with Gasteiger partial charge in [0.25, 0.3) is 0 Å². The SMILES string of the molecule is CC(CN(CCN1CCCCC1)CC(=O)O)C(=O)O. The van der Waals surface area contributed by atoms with Crippen molar-refractivity contribution in [1.29, 1.82) is 0 Å². The Bertz CT molecular complexity index is 303. The second-order valence-electron chi connectivity index (χ2n) is 5.27. The van der Waals surface area contributed by atoms with Crippen LogP contribution in [0.1, 0.15) is 26.2 Å². The van der Waals surface area contributed by atoms with Crippen LogP contribution in [-0.4, -0.2) is 71.2 Å². The van der Waals surface area contributed by atoms with E-state index in [1.165, 1.54) is 19.3 Å². The Morgan fingerprint density at radius 3 is 2.37 bits per heavy atom. The lowest BCUT2D eigenvalue weighted by Gasteiger charge is -2.30. The summed E-state index contributed by atoms with van der Waals surface area (Å²) < 4.78 is 0. The van der Waals surface area contributed by atoms with Crippen molar-refractivity contribution in [2.75, 3.05) is 39.3 Å². The van der Waals surface area contributed by atoms with Gasteiger partial charge in [0.2, 0.25) is 0 Å². The van der Waals surface area contributed by atoms with Crippen LogP contribution >= 0.6 is 0 Å². The van der Waals surface area contributed by atoms with Gasteiger partial charge in [-0.2, -0.15) is 0 Å². The Morgan fingerprint density at radius 2 is 1.84 bits per heavy atom. The van der Waals surface area contributed by atoms with Crippen LogP contribution in [-0.2, 0) is 9.59 Å². The molecule has 1 aliphatic heterocycles. The molecule has 0 aromatic heterocycles. The summed E-state index contributed by atoms with van der Waals surface area (Å²) in [6, 6.07) is 0. The van der Waals surface area contributed by atoms with Crippen molar-refractivity contribution in [2.45, 2.75) is 26.2 Å². The fraction of sp³-hybridized carbons (Fsp3) is 0.846. The van der Waals surface area contributed by atoms with Crippen molar-refractivity contribution in [3.8, 4) is 0 Å². The first-order chi connectivity index (χ1) is 8.99. The number of carbonyl (C=O) groups is 2. The van der Waals surface area contributed by atoms with Gasteiger partial charge < -0.3 is 15.1 Å². The molecule has 1 unspecified atom stereocenters. The first-order valence-corrected chi connectivity index (χ1v) is 6.88. The van der Waals surface area contributed by atoms with Gasteiger partial charge in [0, 0.05) is 19.6 Å². The molecule has 0 bridgehead atoms. The number of carboxylic acid groups (broad SMARTS) is 2. The van der Waals surface area contributed by atoms with Gasteiger partial charge in [0.05, 0.1) is 12.5 Å². The van der Waals surface area contributed by atoms with Crippen LogP contribution in [0.2, 0.25) is 0 Å². The first kappa shape index (κ1) is 15.9. The van der Waals surface area contributed by atoms with Gasteiger partial charge in [0.15, 0.2) is 0 Å². The molecule has 0 aromatic rings. The largest absolute Gasteiger partial charge is 0.481 e. The van der Waals surface area contributed by atoms with Crippen LogP contribution in [0.15, 0.2) is 0 Å². The predicted octanol–water partition coefficient (Wildman–Crippen LogP) is 0.580. The highest BCUT2D eigenvalue weighted by atomic mass is 16.4. The van der Waals surface area contributed by atoms with Crippen LogP contribution in [0.5, 0.6) is 0 Å². The Kier molecular flexibility index (Phi) is 6.80. The number of hydrogen-bond acceptors (Lipinski definition) is 4. The second-order valence-corrected chi connectivity index (χ2v) is 5.27. The molecule has 1 saturated heterocycles. The predicted molar refractivity (Wildman–Crippen MR) is 71.2 cm³/mol. The molecule has 1 rings (SSSR count). The summed E-state index contributed by atoms with van der Waals surface area (Å²) in [5.74, 6) is -2.33. The summed E-state index contributed by atoms with van der Waals surface area (Å²) in [7, 11) is 0. The molecule has 1 aliphatic rings. The van der Waals surface area contributed by atoms with Crippen LogP contribution in [0.4, 0.5) is 0 Å². The molecule has 1 atom stereocenters. The molecule has 0 saturated carbocycles. The lowest BCUT2D eigenvalue weighted by Crippen LogP contribution is -2.42. The van der Waals surface area contributed by atoms with Gasteiger partial charge in [-0.1, -0.05) is 13.3 Å². The summed E-state index contributed by atoms with van der Waals surface area (Å²) >= 11 is 0. The van der Waals surface area contributed by atoms with E-state index in [4.69, 9.17) is 10.2 Å². The van der Waals surface area contributed by atoms with E-state index in [1.54, 1.807) is 11.8 Å². The van der Waals surface area contributed by atoms with Gasteiger partial charge >= 0.3 is 11.9 Å². The third-order valence-corrected chi connectivity index (χ3v) is 3.49. The third kappa shape index (κ3) is 6.54. The summed E-state index contributed by atoms with van der Waals surface area (Å²) in [4.78, 5) is 25.7. The number of aliphatic carboxylic acids is 2. The lowest BCUT2D eigenvalue weighted by molar-refractivity contribution is -0.144. The molecule has 0 aliphatic carbocycles. The maximum absolute atomic E-state index is 10.8. The molecule has 19 heavy (non-hydrogen) atoms. The monoisotopic (exact) mass is 272 g/mol. The Balaban J connectivity index is 2.39. The van der Waals surface area contributed by atoms with Crippen LogP contribution in [0.25, 0.3) is 0 Å². The summed E-state index contributed by atoms with van der Waals surface area (Å²) in [6.45, 7) is 5.37. The quantitative estimate of drug-likeness (QED) is 0.672. The zero-order valence-electron chi connectivity index (χ0n) is 11.5. The molecule has 0 radical (unpaired) electrons. The van der Waals surface area contributed by atoms with Gasteiger partial charge in [-0.05, 0) is 25.9 Å². The van der Waals surface area contributed by atoms with E-state index in [0.29, 0.717) is 6.54 Å². The molecule has 0 amide bonds. The average molecular weight is 272 g/mol. The number of rotatable bonds is 8. The standard InChI is InChI=1S/C13H24N2O4/c1-11(13(18)19)9-15(10-12(16)17)8-7-14-5-3-2-4-6-14/h11H,2-10H2,1H3,(H,16,17)(H,18,19). The first-order valence-electron chi connectivity index (χ1n) is 6.88. The molecule has 1 heterocycles. The van der Waals surface area contributed by atoms with Crippen molar-refractivity contribution < 1.29 is 19.8 Å². The number of likely N-dealkylation sites (tertiary alicyclic amines) is 1. The molecule has 6 nitrogen and oxygen atoms in total. The fourth-order valence-corrected chi connectivity index (χ4v) is 2.36. The lowest BCUT2D eigenvalue weighted by atomic mass is 10.1. The van der Waals surface area contributed by atoms with Crippen molar-refractivity contribution >= 4 is 11.9 Å². The number of piperidine rings is 1. The van der Waals surface area contributed by atoms with Crippen LogP contribution in [0, 0.1) is 5.92 Å². The number of carboxylic acids is 2. The zero-order valence-corrected chi connectivity index (χ0v) is 11.5. The maximum Gasteiger partial charge on any atom is 0.317 e. The van der Waals surface area contributed by atoms with Crippen molar-refractivity contribution in [1.82, 2.24) is 9.80 Å². The van der Waals surface area contributed by atoms with E-state index in [0.717, 1.165) is 19.6 Å². The van der Waals surface area contributed by atoms with E-state index >= 15 is 0 Å². The average Bonchev–Trinajstić information content (AvgIpc) is 2.36. The minimum absolute atomic E-state index is 0.0918. The third-order valence-electron chi connectivity index (χ3n) is 3.49. The van der Waals surface area contributed by atoms with Gasteiger partial charge in [-0.15, -0.1) is 0 Å². The van der Waals surface area contributed by atoms with E-state index < -0.39 is 17.9 Å². The van der Waals surface area contributed by atoms with Crippen molar-refractivity contribution in [3.05, 3.63) is 0 Å². The molecular weight excluding hydrogens is 248 g/mol. The minimum Gasteiger partial charge on any atom is -0.481 e. The van der Waals surface area contributed by atoms with E-state index in [1.807, 2.05) is 0 Å². The molecule has 2 N–H and O–H groups in total. The molecule has 6 heteroatoms. The van der Waals surface area contributed by atoms with Gasteiger partial charge in [-0.3, -0.25) is 14.5 Å². The Morgan fingerprint density at radius 1 is 1.21 bits per heavy atom.